The van der Waals surface area contributed by atoms with Gasteiger partial charge in [0.2, 0.25) is 0 Å². The van der Waals surface area contributed by atoms with Crippen molar-refractivity contribution < 1.29 is 29.0 Å². The Morgan fingerprint density at radius 3 is 2.20 bits per heavy atom. The Kier molecular flexibility index (Phi) is 4.97. The average molecular weight is 287 g/mol. The molecule has 0 saturated heterocycles. The van der Waals surface area contributed by atoms with E-state index >= 15 is 0 Å². The van der Waals surface area contributed by atoms with Crippen molar-refractivity contribution in [3.8, 4) is 0 Å². The molecule has 1 aliphatic carbocycles. The van der Waals surface area contributed by atoms with Crippen LogP contribution in [0.5, 0.6) is 0 Å². The number of carboxylic acids is 1. The third kappa shape index (κ3) is 4.40. The number of nitrogens with one attached hydrogen (secondary N) is 1. The molecule has 7 nitrogen and oxygen atoms in total. The molecule has 0 bridgehead atoms. The predicted molar refractivity (Wildman–Crippen MR) is 69.0 cm³/mol. The first-order chi connectivity index (χ1) is 9.14. The summed E-state index contributed by atoms with van der Waals surface area (Å²) in [7, 11) is 1.29. The second-order valence-corrected chi connectivity index (χ2v) is 5.91. The lowest BCUT2D eigenvalue weighted by Crippen LogP contribution is -2.52. The van der Waals surface area contributed by atoms with Crippen LogP contribution in [0.4, 0.5) is 4.79 Å². The van der Waals surface area contributed by atoms with Crippen LogP contribution < -0.4 is 5.32 Å². The maximum Gasteiger partial charge on any atom is 0.408 e. The van der Waals surface area contributed by atoms with E-state index in [1.54, 1.807) is 20.8 Å². The molecule has 7 heteroatoms. The average Bonchev–Trinajstić information content (AvgIpc) is 2.22. The minimum absolute atomic E-state index is 0.285. The summed E-state index contributed by atoms with van der Waals surface area (Å²) in [5.41, 5.74) is -0.693. The van der Waals surface area contributed by atoms with E-state index in [0.29, 0.717) is 12.8 Å². The molecular weight excluding hydrogens is 266 g/mol. The Morgan fingerprint density at radius 2 is 1.80 bits per heavy atom. The quantitative estimate of drug-likeness (QED) is 0.752. The van der Waals surface area contributed by atoms with Gasteiger partial charge in [-0.3, -0.25) is 4.79 Å². The highest BCUT2D eigenvalue weighted by molar-refractivity contribution is 5.81. The van der Waals surface area contributed by atoms with Crippen LogP contribution in [0.3, 0.4) is 0 Å². The number of carboxylic acid groups (broad SMARTS) is 1. The van der Waals surface area contributed by atoms with E-state index in [-0.39, 0.29) is 17.8 Å². The van der Waals surface area contributed by atoms with Crippen LogP contribution in [-0.2, 0) is 19.1 Å². The van der Waals surface area contributed by atoms with Crippen molar-refractivity contribution in [2.45, 2.75) is 45.3 Å². The Hall–Kier alpha value is -1.79. The van der Waals surface area contributed by atoms with Crippen molar-refractivity contribution in [2.24, 2.45) is 11.8 Å². The van der Waals surface area contributed by atoms with E-state index in [1.165, 1.54) is 7.11 Å². The number of rotatable bonds is 4. The van der Waals surface area contributed by atoms with Gasteiger partial charge in [0.05, 0.1) is 13.0 Å². The highest BCUT2D eigenvalue weighted by Crippen LogP contribution is 2.37. The molecule has 0 aliphatic heterocycles. The molecule has 1 aliphatic rings. The van der Waals surface area contributed by atoms with Gasteiger partial charge in [-0.25, -0.2) is 9.59 Å². The first kappa shape index (κ1) is 16.3. The molecular formula is C13H21NO6. The molecule has 1 atom stereocenters. The number of ether oxygens (including phenoxy) is 2. The molecule has 0 aromatic heterocycles. The lowest BCUT2D eigenvalue weighted by atomic mass is 9.71. The van der Waals surface area contributed by atoms with Crippen molar-refractivity contribution in [1.29, 1.82) is 0 Å². The van der Waals surface area contributed by atoms with Gasteiger partial charge in [-0.15, -0.1) is 0 Å². The number of hydrogen-bond donors (Lipinski definition) is 2. The SMILES string of the molecule is COC(=O)C1CC(C(NC(=O)OC(C)(C)C)C(=O)O)C1. The van der Waals surface area contributed by atoms with Gasteiger partial charge in [-0.05, 0) is 39.5 Å². The van der Waals surface area contributed by atoms with Gasteiger partial charge in [0, 0.05) is 0 Å². The zero-order valence-corrected chi connectivity index (χ0v) is 12.1. The molecule has 2 N–H and O–H groups in total. The maximum absolute atomic E-state index is 11.6. The molecule has 1 fully saturated rings. The Bertz CT molecular complexity index is 394. The summed E-state index contributed by atoms with van der Waals surface area (Å²) in [6.45, 7) is 5.08. The highest BCUT2D eigenvalue weighted by atomic mass is 16.6. The van der Waals surface area contributed by atoms with Gasteiger partial charge < -0.3 is 19.9 Å². The molecule has 114 valence electrons. The van der Waals surface area contributed by atoms with Crippen molar-refractivity contribution >= 4 is 18.0 Å². The third-order valence-corrected chi connectivity index (χ3v) is 3.12. The van der Waals surface area contributed by atoms with E-state index in [2.05, 4.69) is 10.1 Å². The Labute approximate surface area is 117 Å². The van der Waals surface area contributed by atoms with Gasteiger partial charge in [-0.1, -0.05) is 0 Å². The maximum atomic E-state index is 11.6. The minimum Gasteiger partial charge on any atom is -0.480 e. The summed E-state index contributed by atoms with van der Waals surface area (Å²) in [5.74, 6) is -2.05. The summed E-state index contributed by atoms with van der Waals surface area (Å²) < 4.78 is 9.62. The second-order valence-electron chi connectivity index (χ2n) is 5.91. The fourth-order valence-corrected chi connectivity index (χ4v) is 2.11. The number of aliphatic carboxylic acids is 1. The summed E-state index contributed by atoms with van der Waals surface area (Å²) in [6, 6.07) is -1.05. The topological polar surface area (TPSA) is 102 Å². The van der Waals surface area contributed by atoms with Crippen LogP contribution in [0.25, 0.3) is 0 Å². The van der Waals surface area contributed by atoms with Crippen LogP contribution in [0.1, 0.15) is 33.6 Å². The smallest absolute Gasteiger partial charge is 0.408 e. The molecule has 1 saturated carbocycles. The number of carbonyl (C=O) groups excluding carboxylic acids is 2. The van der Waals surface area contributed by atoms with Crippen LogP contribution in [0, 0.1) is 11.8 Å². The molecule has 0 aromatic carbocycles. The molecule has 0 aromatic rings. The standard InChI is InChI=1S/C13H21NO6/c1-13(2,3)20-12(18)14-9(10(15)16)7-5-8(6-7)11(17)19-4/h7-9H,5-6H2,1-4H3,(H,14,18)(H,15,16). The molecule has 1 rings (SSSR count). The van der Waals surface area contributed by atoms with Crippen molar-refractivity contribution in [1.82, 2.24) is 5.32 Å². The Morgan fingerprint density at radius 1 is 1.25 bits per heavy atom. The number of esters is 1. The zero-order valence-electron chi connectivity index (χ0n) is 12.1. The number of alkyl carbamates (subject to hydrolysis) is 1. The molecule has 0 spiro atoms. The van der Waals surface area contributed by atoms with Crippen molar-refractivity contribution in [3.63, 3.8) is 0 Å². The lowest BCUT2D eigenvalue weighted by molar-refractivity contribution is -0.154. The molecule has 1 unspecified atom stereocenters. The van der Waals surface area contributed by atoms with Crippen LogP contribution >= 0.6 is 0 Å². The minimum atomic E-state index is -1.14. The lowest BCUT2D eigenvalue weighted by Gasteiger charge is -2.37. The van der Waals surface area contributed by atoms with E-state index in [1.807, 2.05) is 0 Å². The Balaban J connectivity index is 2.53. The number of carbonyl (C=O) groups is 3. The molecule has 0 radical (unpaired) electrons. The number of hydrogen-bond acceptors (Lipinski definition) is 5. The van der Waals surface area contributed by atoms with Crippen LogP contribution in [0.15, 0.2) is 0 Å². The van der Waals surface area contributed by atoms with Gasteiger partial charge in [0.15, 0.2) is 0 Å². The van der Waals surface area contributed by atoms with E-state index in [0.717, 1.165) is 0 Å². The number of amides is 1. The summed E-state index contributed by atoms with van der Waals surface area (Å²) in [4.78, 5) is 34.1. The summed E-state index contributed by atoms with van der Waals surface area (Å²) in [6.07, 6.45) is 0.00483. The zero-order chi connectivity index (χ0) is 15.5. The third-order valence-electron chi connectivity index (χ3n) is 3.12. The molecule has 20 heavy (non-hydrogen) atoms. The van der Waals surface area contributed by atoms with E-state index < -0.39 is 23.7 Å². The normalized spacial score (nSPS) is 23.2. The fraction of sp³-hybridized carbons (Fsp3) is 0.769. The summed E-state index contributed by atoms with van der Waals surface area (Å²) in [5, 5.41) is 11.5. The largest absolute Gasteiger partial charge is 0.480 e. The fourth-order valence-electron chi connectivity index (χ4n) is 2.11. The number of methoxy groups -OCH3 is 1. The van der Waals surface area contributed by atoms with Crippen LogP contribution in [0.2, 0.25) is 0 Å². The molecule has 1 amide bonds. The van der Waals surface area contributed by atoms with E-state index in [4.69, 9.17) is 9.84 Å². The van der Waals surface area contributed by atoms with Gasteiger partial charge in [-0.2, -0.15) is 0 Å². The highest BCUT2D eigenvalue weighted by Gasteiger charge is 2.43. The summed E-state index contributed by atoms with van der Waals surface area (Å²) >= 11 is 0. The van der Waals surface area contributed by atoms with Crippen molar-refractivity contribution in [2.75, 3.05) is 7.11 Å². The van der Waals surface area contributed by atoms with Gasteiger partial charge >= 0.3 is 18.0 Å². The van der Waals surface area contributed by atoms with Crippen molar-refractivity contribution in [3.05, 3.63) is 0 Å². The van der Waals surface area contributed by atoms with Gasteiger partial charge in [0.25, 0.3) is 0 Å². The van der Waals surface area contributed by atoms with Gasteiger partial charge in [0.1, 0.15) is 11.6 Å². The second kappa shape index (κ2) is 6.11. The monoisotopic (exact) mass is 287 g/mol. The first-order valence-electron chi connectivity index (χ1n) is 6.44. The first-order valence-corrected chi connectivity index (χ1v) is 6.44. The van der Waals surface area contributed by atoms with E-state index in [9.17, 15) is 14.4 Å². The predicted octanol–water partition coefficient (Wildman–Crippen LogP) is 1.16. The van der Waals surface area contributed by atoms with Crippen LogP contribution in [-0.4, -0.2) is 41.9 Å². The molecule has 0 heterocycles.